The highest BCUT2D eigenvalue weighted by Crippen LogP contribution is 2.37. The van der Waals surface area contributed by atoms with Crippen LogP contribution in [0.2, 0.25) is 0 Å². The van der Waals surface area contributed by atoms with Crippen molar-refractivity contribution < 1.29 is 27.5 Å². The summed E-state index contributed by atoms with van der Waals surface area (Å²) in [6.45, 7) is 1.17. The molecule has 1 saturated carbocycles. The molecule has 196 valence electrons. The summed E-state index contributed by atoms with van der Waals surface area (Å²) in [6.07, 6.45) is 5.45. The highest BCUT2D eigenvalue weighted by Gasteiger charge is 2.30. The van der Waals surface area contributed by atoms with Gasteiger partial charge in [0, 0.05) is 44.1 Å². The third-order valence-electron chi connectivity index (χ3n) is 6.25. The third kappa shape index (κ3) is 5.79. The summed E-state index contributed by atoms with van der Waals surface area (Å²) in [7, 11) is 0. The van der Waals surface area contributed by atoms with E-state index in [9.17, 15) is 13.6 Å². The molecule has 3 aromatic rings. The normalized spacial score (nSPS) is 16.7. The minimum Gasteiger partial charge on any atom is -0.489 e. The van der Waals surface area contributed by atoms with Gasteiger partial charge in [0.25, 0.3) is 5.91 Å². The quantitative estimate of drug-likeness (QED) is 0.457. The molecule has 2 aliphatic rings. The third-order valence-corrected chi connectivity index (χ3v) is 6.25. The van der Waals surface area contributed by atoms with Crippen LogP contribution in [0, 0.1) is 5.92 Å². The molecule has 12 heteroatoms. The Morgan fingerprint density at radius 1 is 1.16 bits per heavy atom. The van der Waals surface area contributed by atoms with Gasteiger partial charge in [0.05, 0.1) is 12.6 Å². The number of halogens is 2. The van der Waals surface area contributed by atoms with E-state index in [4.69, 9.17) is 14.9 Å². The molecule has 1 aromatic carbocycles. The Balaban J connectivity index is 1.36. The number of hydrogen-bond acceptors (Lipinski definition) is 9. The summed E-state index contributed by atoms with van der Waals surface area (Å²) in [5.74, 6) is 1.22. The Kier molecular flexibility index (Phi) is 7.17. The van der Waals surface area contributed by atoms with Crippen molar-refractivity contribution in [2.75, 3.05) is 37.7 Å². The van der Waals surface area contributed by atoms with E-state index in [0.29, 0.717) is 50.2 Å². The van der Waals surface area contributed by atoms with Crippen molar-refractivity contribution in [2.24, 2.45) is 11.7 Å². The Morgan fingerprint density at radius 3 is 2.54 bits per heavy atom. The molecule has 0 unspecified atom stereocenters. The minimum atomic E-state index is -2.99. The molecule has 1 atom stereocenters. The van der Waals surface area contributed by atoms with E-state index >= 15 is 0 Å². The monoisotopic (exact) mass is 514 g/mol. The van der Waals surface area contributed by atoms with Gasteiger partial charge in [-0.15, -0.1) is 0 Å². The number of nitrogens with zero attached hydrogens (tertiary/aromatic N) is 5. The number of anilines is 1. The molecule has 0 radical (unpaired) electrons. The molecule has 37 heavy (non-hydrogen) atoms. The Morgan fingerprint density at radius 2 is 1.89 bits per heavy atom. The summed E-state index contributed by atoms with van der Waals surface area (Å²) in [5, 5.41) is 0. The molecule has 1 aliphatic heterocycles. The molecule has 0 bridgehead atoms. The van der Waals surface area contributed by atoms with Crippen molar-refractivity contribution in [3.63, 3.8) is 0 Å². The summed E-state index contributed by atoms with van der Waals surface area (Å²) < 4.78 is 42.1. The minimum absolute atomic E-state index is 0.0741. The second kappa shape index (κ2) is 10.7. The number of ether oxygens (including phenoxy) is 2. The van der Waals surface area contributed by atoms with Crippen LogP contribution in [0.1, 0.15) is 42.1 Å². The smallest absolute Gasteiger partial charge is 0.387 e. The first-order valence-corrected chi connectivity index (χ1v) is 12.2. The van der Waals surface area contributed by atoms with Crippen LogP contribution < -0.4 is 20.1 Å². The number of piperazine rings is 1. The Labute approximate surface area is 212 Å². The van der Waals surface area contributed by atoms with Crippen LogP contribution in [0.25, 0.3) is 11.5 Å². The summed E-state index contributed by atoms with van der Waals surface area (Å²) >= 11 is 0. The van der Waals surface area contributed by atoms with Crippen LogP contribution in [0.15, 0.2) is 41.1 Å². The molecule has 1 saturated heterocycles. The zero-order chi connectivity index (χ0) is 25.9. The van der Waals surface area contributed by atoms with Gasteiger partial charge in [-0.25, -0.2) is 15.0 Å². The molecule has 2 aromatic heterocycles. The van der Waals surface area contributed by atoms with Gasteiger partial charge in [0.15, 0.2) is 23.0 Å². The molecule has 10 nitrogen and oxygen atoms in total. The number of amides is 1. The van der Waals surface area contributed by atoms with E-state index in [1.54, 1.807) is 30.3 Å². The Bertz CT molecular complexity index is 1230. The maximum Gasteiger partial charge on any atom is 0.387 e. The van der Waals surface area contributed by atoms with Gasteiger partial charge >= 0.3 is 6.61 Å². The first-order valence-electron chi connectivity index (χ1n) is 12.2. The van der Waals surface area contributed by atoms with Crippen molar-refractivity contribution in [2.45, 2.75) is 32.4 Å². The lowest BCUT2D eigenvalue weighted by Crippen LogP contribution is -2.49. The number of carbonyl (C=O) groups excluding carboxylic acids is 1. The van der Waals surface area contributed by atoms with Crippen LogP contribution in [0.4, 0.5) is 14.7 Å². The molecule has 1 amide bonds. The van der Waals surface area contributed by atoms with Gasteiger partial charge in [0.2, 0.25) is 11.8 Å². The highest BCUT2D eigenvalue weighted by molar-refractivity contribution is 5.94. The van der Waals surface area contributed by atoms with E-state index in [2.05, 4.69) is 19.7 Å². The number of hydrogen-bond donors (Lipinski definition) is 1. The number of aromatic nitrogens is 3. The fraction of sp³-hybridized carbons (Fsp3) is 0.440. The number of carbonyl (C=O) groups is 1. The molecule has 1 aliphatic carbocycles. The van der Waals surface area contributed by atoms with Gasteiger partial charge in [-0.05, 0) is 49.9 Å². The molecular weight excluding hydrogens is 486 g/mol. The van der Waals surface area contributed by atoms with Gasteiger partial charge in [0.1, 0.15) is 0 Å². The van der Waals surface area contributed by atoms with Crippen LogP contribution in [-0.2, 0) is 0 Å². The van der Waals surface area contributed by atoms with Gasteiger partial charge in [-0.1, -0.05) is 0 Å². The van der Waals surface area contributed by atoms with Crippen molar-refractivity contribution in [3.8, 4) is 23.0 Å². The first kappa shape index (κ1) is 24.9. The SMILES string of the molecule is C[C@H](N)c1oc(-c2ccc(OC(F)F)c(OCC3CC3)c2)nc1C(=O)N1CCN(c2ncccn2)CC1. The lowest BCUT2D eigenvalue weighted by atomic mass is 10.2. The molecule has 0 spiro atoms. The second-order valence-corrected chi connectivity index (χ2v) is 9.14. The molecule has 3 heterocycles. The average Bonchev–Trinajstić information content (AvgIpc) is 3.63. The predicted octanol–water partition coefficient (Wildman–Crippen LogP) is 3.50. The highest BCUT2D eigenvalue weighted by atomic mass is 19.3. The van der Waals surface area contributed by atoms with Crippen LogP contribution in [0.5, 0.6) is 11.5 Å². The summed E-state index contributed by atoms with van der Waals surface area (Å²) in [5.41, 5.74) is 6.70. The Hall–Kier alpha value is -3.80. The zero-order valence-electron chi connectivity index (χ0n) is 20.3. The largest absolute Gasteiger partial charge is 0.489 e. The number of rotatable bonds is 9. The maximum atomic E-state index is 13.4. The predicted molar refractivity (Wildman–Crippen MR) is 130 cm³/mol. The van der Waals surface area contributed by atoms with Crippen LogP contribution in [0.3, 0.4) is 0 Å². The van der Waals surface area contributed by atoms with Gasteiger partial charge in [-0.2, -0.15) is 8.78 Å². The fourth-order valence-corrected chi connectivity index (χ4v) is 4.07. The van der Waals surface area contributed by atoms with Crippen molar-refractivity contribution in [1.29, 1.82) is 0 Å². The van der Waals surface area contributed by atoms with Crippen molar-refractivity contribution in [1.82, 2.24) is 19.9 Å². The zero-order valence-corrected chi connectivity index (χ0v) is 20.3. The molecule has 5 rings (SSSR count). The molecule has 2 N–H and O–H groups in total. The summed E-state index contributed by atoms with van der Waals surface area (Å²) in [4.78, 5) is 30.1. The fourth-order valence-electron chi connectivity index (χ4n) is 4.07. The molecular formula is C25H28F2N6O4. The van der Waals surface area contributed by atoms with Gasteiger partial charge in [-0.3, -0.25) is 4.79 Å². The standard InChI is InChI=1S/C25H28F2N6O4/c1-15(28)21-20(23(34)32-9-11-33(12-10-32)25-29-7-2-8-30-25)31-22(37-21)17-5-6-18(36-24(26)27)19(13-17)35-14-16-3-4-16/h2,5-8,13,15-16,24H,3-4,9-12,14,28H2,1H3/t15-/m0/s1. The first-order chi connectivity index (χ1) is 17.9. The summed E-state index contributed by atoms with van der Waals surface area (Å²) in [6, 6.07) is 5.61. The number of oxazole rings is 1. The second-order valence-electron chi connectivity index (χ2n) is 9.14. The number of benzene rings is 1. The maximum absolute atomic E-state index is 13.4. The van der Waals surface area contributed by atoms with Crippen LogP contribution >= 0.6 is 0 Å². The van der Waals surface area contributed by atoms with Crippen molar-refractivity contribution in [3.05, 3.63) is 48.1 Å². The van der Waals surface area contributed by atoms with Gasteiger partial charge < -0.3 is 29.4 Å². The molecule has 2 fully saturated rings. The van der Waals surface area contributed by atoms with E-state index in [1.807, 2.05) is 4.90 Å². The number of alkyl halides is 2. The van der Waals surface area contributed by atoms with Crippen LogP contribution in [-0.4, -0.2) is 65.2 Å². The van der Waals surface area contributed by atoms with Crippen molar-refractivity contribution >= 4 is 11.9 Å². The van der Waals surface area contributed by atoms with E-state index in [0.717, 1.165) is 12.8 Å². The lowest BCUT2D eigenvalue weighted by molar-refractivity contribution is -0.0515. The van der Waals surface area contributed by atoms with E-state index < -0.39 is 12.7 Å². The lowest BCUT2D eigenvalue weighted by Gasteiger charge is -2.34. The average molecular weight is 515 g/mol. The topological polar surface area (TPSA) is 120 Å². The van der Waals surface area contributed by atoms with E-state index in [1.165, 1.54) is 18.2 Å². The number of nitrogens with two attached hydrogens (primary N) is 1. The van der Waals surface area contributed by atoms with E-state index in [-0.39, 0.29) is 34.8 Å².